The number of benzene rings is 4. The van der Waals surface area contributed by atoms with Crippen molar-refractivity contribution in [3.05, 3.63) is 107 Å². The van der Waals surface area contributed by atoms with E-state index < -0.39 is 23.9 Å². The summed E-state index contributed by atoms with van der Waals surface area (Å²) in [7, 11) is 1.26. The minimum atomic E-state index is -1.02. The molecule has 0 saturated heterocycles. The number of esters is 1. The summed E-state index contributed by atoms with van der Waals surface area (Å²) in [5, 5.41) is 9.91. The number of fused-ring (bicyclic) bond motifs is 1. The van der Waals surface area contributed by atoms with Crippen molar-refractivity contribution >= 4 is 40.1 Å². The summed E-state index contributed by atoms with van der Waals surface area (Å²) in [5.41, 5.74) is 5.42. The number of carbonyl (C=O) groups is 3. The van der Waals surface area contributed by atoms with Crippen LogP contribution >= 0.6 is 0 Å². The number of methoxy groups -OCH3 is 1. The van der Waals surface area contributed by atoms with Gasteiger partial charge < -0.3 is 25.4 Å². The summed E-state index contributed by atoms with van der Waals surface area (Å²) < 4.78 is 10.6. The van der Waals surface area contributed by atoms with E-state index in [1.54, 1.807) is 12.1 Å². The highest BCUT2D eigenvalue weighted by molar-refractivity contribution is 6.11. The zero-order chi connectivity index (χ0) is 28.6. The van der Waals surface area contributed by atoms with Crippen LogP contribution in [-0.4, -0.2) is 37.7 Å². The molecule has 0 unspecified atom stereocenters. The first-order valence-corrected chi connectivity index (χ1v) is 12.9. The third-order valence-electron chi connectivity index (χ3n) is 6.47. The summed E-state index contributed by atoms with van der Waals surface area (Å²) in [4.78, 5) is 38.9. The van der Waals surface area contributed by atoms with Crippen LogP contribution in [0.25, 0.3) is 10.8 Å². The van der Waals surface area contributed by atoms with Crippen molar-refractivity contribution in [2.75, 3.05) is 24.4 Å². The first-order valence-electron chi connectivity index (χ1n) is 12.9. The monoisotopic (exact) mass is 539 g/mol. The molecule has 3 N–H and O–H groups in total. The molecule has 0 saturated carbocycles. The van der Waals surface area contributed by atoms with Crippen molar-refractivity contribution in [1.82, 2.24) is 5.32 Å². The fourth-order valence-corrected chi connectivity index (χ4v) is 4.64. The molecule has 4 aromatic rings. The van der Waals surface area contributed by atoms with Gasteiger partial charge in [0.1, 0.15) is 0 Å². The smallest absolute Gasteiger partial charge is 0.330 e. The van der Waals surface area contributed by atoms with Crippen molar-refractivity contribution in [3.63, 3.8) is 0 Å². The maximum Gasteiger partial charge on any atom is 0.330 e. The minimum absolute atomic E-state index is 0.0686. The van der Waals surface area contributed by atoms with Gasteiger partial charge in [0.15, 0.2) is 6.04 Å². The molecule has 0 aliphatic carbocycles. The number of amides is 3. The number of hydrogen-bond donors (Lipinski definition) is 3. The van der Waals surface area contributed by atoms with Crippen LogP contribution in [0.3, 0.4) is 0 Å². The largest absolute Gasteiger partial charge is 0.467 e. The molecule has 3 amide bonds. The average molecular weight is 540 g/mol. The van der Waals surface area contributed by atoms with E-state index >= 15 is 0 Å². The van der Waals surface area contributed by atoms with Crippen LogP contribution < -0.4 is 16.0 Å². The van der Waals surface area contributed by atoms with Gasteiger partial charge in [-0.3, -0.25) is 4.79 Å². The average Bonchev–Trinajstić information content (AvgIpc) is 2.94. The first-order chi connectivity index (χ1) is 19.2. The molecule has 206 valence electrons. The van der Waals surface area contributed by atoms with Crippen LogP contribution in [-0.2, 0) is 20.9 Å². The van der Waals surface area contributed by atoms with Crippen LogP contribution in [0, 0.1) is 20.8 Å². The van der Waals surface area contributed by atoms with Gasteiger partial charge in [-0.1, -0.05) is 72.3 Å². The summed E-state index contributed by atoms with van der Waals surface area (Å²) in [6, 6.07) is 22.8. The van der Waals surface area contributed by atoms with Gasteiger partial charge in [0.2, 0.25) is 0 Å². The lowest BCUT2D eigenvalue weighted by Crippen LogP contribution is -2.44. The Morgan fingerprint density at radius 3 is 2.20 bits per heavy atom. The molecular weight excluding hydrogens is 506 g/mol. The number of carbonyl (C=O) groups excluding carboxylic acids is 3. The van der Waals surface area contributed by atoms with Gasteiger partial charge >= 0.3 is 12.0 Å². The number of anilines is 2. The van der Waals surface area contributed by atoms with E-state index in [9.17, 15) is 14.4 Å². The molecule has 0 bridgehead atoms. The minimum Gasteiger partial charge on any atom is -0.467 e. The number of aryl methyl sites for hydroxylation is 3. The molecule has 0 fully saturated rings. The van der Waals surface area contributed by atoms with E-state index in [-0.39, 0.29) is 13.2 Å². The fraction of sp³-hybridized carbons (Fsp3) is 0.219. The molecule has 1 atom stereocenters. The quantitative estimate of drug-likeness (QED) is 0.230. The molecule has 0 aliphatic rings. The summed E-state index contributed by atoms with van der Waals surface area (Å²) in [6.45, 7) is 6.10. The topological polar surface area (TPSA) is 106 Å². The highest BCUT2D eigenvalue weighted by Gasteiger charge is 2.24. The second kappa shape index (κ2) is 12.9. The lowest BCUT2D eigenvalue weighted by molar-refractivity contribution is -0.144. The van der Waals surface area contributed by atoms with Crippen molar-refractivity contribution in [1.29, 1.82) is 0 Å². The second-order valence-corrected chi connectivity index (χ2v) is 9.65. The summed E-state index contributed by atoms with van der Waals surface area (Å²) in [6.07, 6.45) is 0. The van der Waals surface area contributed by atoms with Crippen molar-refractivity contribution in [3.8, 4) is 0 Å². The third-order valence-corrected chi connectivity index (χ3v) is 6.47. The lowest BCUT2D eigenvalue weighted by Gasteiger charge is -2.18. The summed E-state index contributed by atoms with van der Waals surface area (Å²) in [5.74, 6) is -1.12. The van der Waals surface area contributed by atoms with Crippen molar-refractivity contribution in [2.45, 2.75) is 33.4 Å². The molecule has 0 aliphatic heterocycles. The third kappa shape index (κ3) is 7.03. The number of urea groups is 1. The van der Waals surface area contributed by atoms with Crippen LogP contribution in [0.1, 0.15) is 32.6 Å². The van der Waals surface area contributed by atoms with E-state index in [0.29, 0.717) is 16.6 Å². The van der Waals surface area contributed by atoms with Gasteiger partial charge in [-0.15, -0.1) is 0 Å². The Bertz CT molecular complexity index is 1510. The zero-order valence-electron chi connectivity index (χ0n) is 23.0. The Labute approximate surface area is 233 Å². The molecule has 0 aromatic heterocycles. The summed E-state index contributed by atoms with van der Waals surface area (Å²) >= 11 is 0. The van der Waals surface area contributed by atoms with E-state index in [1.807, 2.05) is 87.5 Å². The van der Waals surface area contributed by atoms with Crippen LogP contribution in [0.5, 0.6) is 0 Å². The Morgan fingerprint density at radius 1 is 0.825 bits per heavy atom. The number of hydrogen-bond acceptors (Lipinski definition) is 5. The Balaban J connectivity index is 1.53. The van der Waals surface area contributed by atoms with Gasteiger partial charge in [-0.05, 0) is 60.4 Å². The zero-order valence-corrected chi connectivity index (χ0v) is 23.0. The van der Waals surface area contributed by atoms with Crippen LogP contribution in [0.4, 0.5) is 16.2 Å². The first kappa shape index (κ1) is 28.3. The van der Waals surface area contributed by atoms with E-state index in [4.69, 9.17) is 9.47 Å². The molecule has 0 spiro atoms. The molecule has 4 aromatic carbocycles. The van der Waals surface area contributed by atoms with Gasteiger partial charge in [0, 0.05) is 16.9 Å². The predicted molar refractivity (Wildman–Crippen MR) is 157 cm³/mol. The van der Waals surface area contributed by atoms with E-state index in [2.05, 4.69) is 16.0 Å². The van der Waals surface area contributed by atoms with Crippen molar-refractivity contribution in [2.24, 2.45) is 0 Å². The SMILES string of the molecule is COC(=O)[C@H](COCc1ccccc1)NC(=O)c1cc(NC(=O)Nc2c(C)cc(C)cc2C)cc2ccccc12. The Kier molecular flexibility index (Phi) is 9.14. The molecule has 8 heteroatoms. The second-order valence-electron chi connectivity index (χ2n) is 9.65. The normalized spacial score (nSPS) is 11.5. The number of rotatable bonds is 9. The molecule has 4 rings (SSSR count). The molecule has 0 radical (unpaired) electrons. The highest BCUT2D eigenvalue weighted by Crippen LogP contribution is 2.26. The van der Waals surface area contributed by atoms with Crippen LogP contribution in [0.15, 0.2) is 78.9 Å². The van der Waals surface area contributed by atoms with Gasteiger partial charge in [0.25, 0.3) is 5.91 Å². The Hall–Kier alpha value is -4.69. The maximum atomic E-state index is 13.5. The highest BCUT2D eigenvalue weighted by atomic mass is 16.5. The number of ether oxygens (including phenoxy) is 2. The molecular formula is C32H33N3O5. The standard InChI is InChI=1S/C32H33N3O5/c1-20-14-21(2)29(22(3)15-20)35-32(38)33-25-16-24-12-8-9-13-26(24)27(17-25)30(36)34-28(31(37)39-4)19-40-18-23-10-6-5-7-11-23/h5-17,28H,18-19H2,1-4H3,(H,34,36)(H2,33,35,38)/t28-/m0/s1. The predicted octanol–water partition coefficient (Wildman–Crippen LogP) is 5.90. The van der Waals surface area contributed by atoms with E-state index in [1.165, 1.54) is 7.11 Å². The van der Waals surface area contributed by atoms with Gasteiger partial charge in [-0.25, -0.2) is 9.59 Å². The molecule has 0 heterocycles. The lowest BCUT2D eigenvalue weighted by atomic mass is 10.0. The fourth-order valence-electron chi connectivity index (χ4n) is 4.64. The maximum absolute atomic E-state index is 13.5. The number of nitrogens with one attached hydrogen (secondary N) is 3. The van der Waals surface area contributed by atoms with Crippen LogP contribution in [0.2, 0.25) is 0 Å². The van der Waals surface area contributed by atoms with Gasteiger partial charge in [-0.2, -0.15) is 0 Å². The molecule has 8 nitrogen and oxygen atoms in total. The van der Waals surface area contributed by atoms with Gasteiger partial charge in [0.05, 0.1) is 20.3 Å². The molecule has 40 heavy (non-hydrogen) atoms. The van der Waals surface area contributed by atoms with Crippen molar-refractivity contribution < 1.29 is 23.9 Å². The van der Waals surface area contributed by atoms with E-state index in [0.717, 1.165) is 33.3 Å². The Morgan fingerprint density at radius 2 is 1.50 bits per heavy atom.